The molecule has 0 atom stereocenters. The Morgan fingerprint density at radius 3 is 2.62 bits per heavy atom. The third-order valence-electron chi connectivity index (χ3n) is 2.21. The van der Waals surface area contributed by atoms with Gasteiger partial charge in [-0.25, -0.2) is 9.18 Å². The molecule has 84 valence electrons. The Morgan fingerprint density at radius 1 is 1.38 bits per heavy atom. The molecular weight excluding hydrogens is 215 g/mol. The molecule has 1 aromatic heterocycles. The second-order valence-corrected chi connectivity index (χ2v) is 3.39. The lowest BCUT2D eigenvalue weighted by molar-refractivity contribution is 0.462. The number of hydrogen-bond acceptors (Lipinski definition) is 4. The fourth-order valence-electron chi connectivity index (χ4n) is 1.29. The van der Waals surface area contributed by atoms with Crippen molar-refractivity contribution in [2.45, 2.75) is 6.92 Å². The number of aromatic hydroxyl groups is 1. The Bertz CT molecular complexity index is 602. The highest BCUT2D eigenvalue weighted by Gasteiger charge is 2.12. The third kappa shape index (κ3) is 1.46. The minimum atomic E-state index is -0.543. The van der Waals surface area contributed by atoms with Crippen LogP contribution in [-0.4, -0.2) is 24.9 Å². The Labute approximate surface area is 89.5 Å². The maximum atomic E-state index is 13.1. The van der Waals surface area contributed by atoms with Gasteiger partial charge >= 0.3 is 5.69 Å². The summed E-state index contributed by atoms with van der Waals surface area (Å²) in [6.45, 7) is 1.53. The molecule has 0 aliphatic carbocycles. The van der Waals surface area contributed by atoms with Crippen molar-refractivity contribution in [2.75, 3.05) is 0 Å². The number of rotatable bonds is 1. The summed E-state index contributed by atoms with van der Waals surface area (Å²) >= 11 is 0. The number of nitrogens with zero attached hydrogens (tertiary/aromatic N) is 4. The minimum absolute atomic E-state index is 0.108. The van der Waals surface area contributed by atoms with E-state index in [9.17, 15) is 14.3 Å². The van der Waals surface area contributed by atoms with E-state index in [4.69, 9.17) is 0 Å². The molecule has 1 aromatic carbocycles. The van der Waals surface area contributed by atoms with Crippen LogP contribution in [0.1, 0.15) is 5.56 Å². The average molecular weight is 224 g/mol. The van der Waals surface area contributed by atoms with Gasteiger partial charge in [-0.15, -0.1) is 0 Å². The van der Waals surface area contributed by atoms with Crippen LogP contribution in [0.25, 0.3) is 5.69 Å². The molecular formula is C9H9FN4O2. The number of phenolic OH excluding ortho intramolecular Hbond substituents is 1. The summed E-state index contributed by atoms with van der Waals surface area (Å²) < 4.78 is 15.0. The van der Waals surface area contributed by atoms with E-state index >= 15 is 0 Å². The van der Waals surface area contributed by atoms with Gasteiger partial charge in [-0.1, -0.05) is 0 Å². The van der Waals surface area contributed by atoms with Gasteiger partial charge in [0.05, 0.1) is 0 Å². The fourth-order valence-corrected chi connectivity index (χ4v) is 1.29. The number of phenols is 1. The van der Waals surface area contributed by atoms with Crippen molar-refractivity contribution in [3.05, 3.63) is 34.0 Å². The predicted octanol–water partition coefficient (Wildman–Crippen LogP) is 0.119. The molecule has 1 N–H and O–H groups in total. The predicted molar refractivity (Wildman–Crippen MR) is 53.0 cm³/mol. The molecule has 0 aliphatic rings. The van der Waals surface area contributed by atoms with Gasteiger partial charge < -0.3 is 5.11 Å². The van der Waals surface area contributed by atoms with Crippen LogP contribution in [0.2, 0.25) is 0 Å². The Morgan fingerprint density at radius 2 is 2.06 bits per heavy atom. The van der Waals surface area contributed by atoms with E-state index in [0.717, 1.165) is 15.4 Å². The van der Waals surface area contributed by atoms with Crippen LogP contribution in [-0.2, 0) is 7.05 Å². The normalized spacial score (nSPS) is 10.7. The summed E-state index contributed by atoms with van der Waals surface area (Å²) in [6, 6.07) is 2.27. The Hall–Kier alpha value is -2.18. The van der Waals surface area contributed by atoms with E-state index in [0.29, 0.717) is 5.56 Å². The fraction of sp³-hybridized carbons (Fsp3) is 0.222. The topological polar surface area (TPSA) is 72.9 Å². The number of tetrazole rings is 1. The third-order valence-corrected chi connectivity index (χ3v) is 2.21. The van der Waals surface area contributed by atoms with Crippen LogP contribution < -0.4 is 5.69 Å². The van der Waals surface area contributed by atoms with Gasteiger partial charge in [-0.2, -0.15) is 9.36 Å². The lowest BCUT2D eigenvalue weighted by Gasteiger charge is -2.04. The van der Waals surface area contributed by atoms with Crippen LogP contribution in [0.4, 0.5) is 4.39 Å². The van der Waals surface area contributed by atoms with Gasteiger partial charge in [0.2, 0.25) is 0 Å². The van der Waals surface area contributed by atoms with Gasteiger partial charge in [0.1, 0.15) is 17.3 Å². The number of aryl methyl sites for hydroxylation is 2. The van der Waals surface area contributed by atoms with Gasteiger partial charge in [-0.3, -0.25) is 0 Å². The first-order valence-corrected chi connectivity index (χ1v) is 4.49. The lowest BCUT2D eigenvalue weighted by Crippen LogP contribution is -2.22. The molecule has 0 spiro atoms. The van der Waals surface area contributed by atoms with Crippen molar-refractivity contribution in [3.8, 4) is 11.4 Å². The minimum Gasteiger partial charge on any atom is -0.506 e. The SMILES string of the molecule is Cc1cc(-n2nnn(C)c2=O)c(O)cc1F. The van der Waals surface area contributed by atoms with Crippen LogP contribution in [0, 0.1) is 12.7 Å². The van der Waals surface area contributed by atoms with Crippen LogP contribution in [0.3, 0.4) is 0 Å². The maximum Gasteiger partial charge on any atom is 0.368 e. The van der Waals surface area contributed by atoms with Crippen LogP contribution >= 0.6 is 0 Å². The molecule has 0 amide bonds. The summed E-state index contributed by atoms with van der Waals surface area (Å²) in [5, 5.41) is 16.6. The molecule has 0 saturated carbocycles. The first-order valence-electron chi connectivity index (χ1n) is 4.49. The number of benzene rings is 1. The summed E-state index contributed by atoms with van der Waals surface area (Å²) in [5.74, 6) is -0.899. The highest BCUT2D eigenvalue weighted by atomic mass is 19.1. The van der Waals surface area contributed by atoms with Gasteiger partial charge in [0.25, 0.3) is 0 Å². The number of halogens is 1. The van der Waals surface area contributed by atoms with E-state index in [1.165, 1.54) is 20.0 Å². The zero-order valence-electron chi connectivity index (χ0n) is 8.68. The van der Waals surface area contributed by atoms with E-state index in [2.05, 4.69) is 10.4 Å². The van der Waals surface area contributed by atoms with Crippen molar-refractivity contribution in [2.24, 2.45) is 7.05 Å². The molecule has 0 fully saturated rings. The van der Waals surface area contributed by atoms with Crippen molar-refractivity contribution in [3.63, 3.8) is 0 Å². The summed E-state index contributed by atoms with van der Waals surface area (Å²) in [5.41, 5.74) is -0.0938. The Kier molecular flexibility index (Phi) is 2.22. The lowest BCUT2D eigenvalue weighted by atomic mass is 10.2. The second kappa shape index (κ2) is 3.44. The summed E-state index contributed by atoms with van der Waals surface area (Å²) in [4.78, 5) is 11.5. The van der Waals surface area contributed by atoms with E-state index in [1.54, 1.807) is 0 Å². The molecule has 2 aromatic rings. The molecule has 1 heterocycles. The van der Waals surface area contributed by atoms with Crippen molar-refractivity contribution in [1.29, 1.82) is 0 Å². The molecule has 0 unspecified atom stereocenters. The quantitative estimate of drug-likeness (QED) is 0.746. The highest BCUT2D eigenvalue weighted by molar-refractivity contribution is 5.47. The molecule has 0 radical (unpaired) electrons. The van der Waals surface area contributed by atoms with Crippen LogP contribution in [0.5, 0.6) is 5.75 Å². The first-order chi connectivity index (χ1) is 7.50. The summed E-state index contributed by atoms with van der Waals surface area (Å²) in [7, 11) is 1.43. The molecule has 0 bridgehead atoms. The standard InChI is InChI=1S/C9H9FN4O2/c1-5-3-7(8(15)4-6(5)10)14-9(16)13(2)11-12-14/h3-4,15H,1-2H3. The van der Waals surface area contributed by atoms with Gasteiger partial charge in [-0.05, 0) is 29.0 Å². The van der Waals surface area contributed by atoms with Gasteiger partial charge in [0.15, 0.2) is 0 Å². The average Bonchev–Trinajstić information content (AvgIpc) is 2.54. The Balaban J connectivity index is 2.70. The first kappa shape index (κ1) is 10.3. The zero-order chi connectivity index (χ0) is 11.9. The van der Waals surface area contributed by atoms with Crippen molar-refractivity contribution in [1.82, 2.24) is 19.8 Å². The number of aromatic nitrogens is 4. The molecule has 16 heavy (non-hydrogen) atoms. The van der Waals surface area contributed by atoms with E-state index in [1.807, 2.05) is 0 Å². The van der Waals surface area contributed by atoms with Crippen LogP contribution in [0.15, 0.2) is 16.9 Å². The summed E-state index contributed by atoms with van der Waals surface area (Å²) in [6.07, 6.45) is 0. The molecule has 2 rings (SSSR count). The maximum absolute atomic E-state index is 13.1. The zero-order valence-corrected chi connectivity index (χ0v) is 8.68. The molecule has 0 aliphatic heterocycles. The van der Waals surface area contributed by atoms with E-state index < -0.39 is 11.5 Å². The van der Waals surface area contributed by atoms with E-state index in [-0.39, 0.29) is 11.4 Å². The molecule has 6 nitrogen and oxygen atoms in total. The van der Waals surface area contributed by atoms with Gasteiger partial charge in [0, 0.05) is 13.1 Å². The largest absolute Gasteiger partial charge is 0.506 e. The highest BCUT2D eigenvalue weighted by Crippen LogP contribution is 2.23. The van der Waals surface area contributed by atoms with Crippen molar-refractivity contribution >= 4 is 0 Å². The monoisotopic (exact) mass is 224 g/mol. The molecule has 0 saturated heterocycles. The molecule has 7 heteroatoms. The second-order valence-electron chi connectivity index (χ2n) is 3.39. The number of hydrogen-bond donors (Lipinski definition) is 1. The van der Waals surface area contributed by atoms with Crippen molar-refractivity contribution < 1.29 is 9.50 Å². The smallest absolute Gasteiger partial charge is 0.368 e.